The molecular formula is C13H16N6S. The second-order valence-corrected chi connectivity index (χ2v) is 5.47. The fraction of sp³-hybridized carbons (Fsp3) is 0.308. The Labute approximate surface area is 121 Å². The number of aromatic nitrogens is 5. The van der Waals surface area contributed by atoms with Gasteiger partial charge in [0.2, 0.25) is 0 Å². The lowest BCUT2D eigenvalue weighted by molar-refractivity contribution is 0.752. The fourth-order valence-electron chi connectivity index (χ4n) is 2.00. The van der Waals surface area contributed by atoms with E-state index in [0.717, 1.165) is 33.9 Å². The number of hydrogen-bond acceptors (Lipinski definition) is 5. The molecule has 0 spiro atoms. The summed E-state index contributed by atoms with van der Waals surface area (Å²) in [7, 11) is 3.90. The highest BCUT2D eigenvalue weighted by molar-refractivity contribution is 7.99. The molecule has 0 saturated carbocycles. The number of pyridine rings is 1. The van der Waals surface area contributed by atoms with Crippen molar-refractivity contribution in [3.63, 3.8) is 0 Å². The Morgan fingerprint density at radius 2 is 2.15 bits per heavy atom. The second kappa shape index (κ2) is 5.26. The third-order valence-electron chi connectivity index (χ3n) is 3.18. The van der Waals surface area contributed by atoms with Crippen LogP contribution in [0.25, 0.3) is 5.65 Å². The van der Waals surface area contributed by atoms with Crippen LogP contribution in [-0.4, -0.2) is 31.2 Å². The average Bonchev–Trinajstić information content (AvgIpc) is 2.95. The van der Waals surface area contributed by atoms with Gasteiger partial charge in [-0.25, -0.2) is 4.98 Å². The van der Waals surface area contributed by atoms with Crippen LogP contribution >= 0.6 is 11.8 Å². The molecule has 3 aromatic heterocycles. The Hall–Kier alpha value is -1.86. The number of hydrogen-bond donors (Lipinski definition) is 1. The van der Waals surface area contributed by atoms with Crippen molar-refractivity contribution in [1.29, 1.82) is 0 Å². The molecule has 0 bridgehead atoms. The molecule has 0 aliphatic carbocycles. The number of nitrogens with one attached hydrogen (secondary N) is 1. The average molecular weight is 288 g/mol. The van der Waals surface area contributed by atoms with Crippen molar-refractivity contribution in [3.8, 4) is 0 Å². The van der Waals surface area contributed by atoms with Crippen molar-refractivity contribution in [3.05, 3.63) is 35.9 Å². The number of rotatable bonds is 4. The lowest BCUT2D eigenvalue weighted by Crippen LogP contribution is -2.08. The Morgan fingerprint density at radius 3 is 2.85 bits per heavy atom. The van der Waals surface area contributed by atoms with Gasteiger partial charge in [0.15, 0.2) is 5.16 Å². The van der Waals surface area contributed by atoms with Gasteiger partial charge in [0, 0.05) is 19.8 Å². The maximum Gasteiger partial charge on any atom is 0.197 e. The van der Waals surface area contributed by atoms with Gasteiger partial charge in [-0.2, -0.15) is 0 Å². The molecule has 104 valence electrons. The van der Waals surface area contributed by atoms with E-state index in [2.05, 4.69) is 24.9 Å². The molecule has 3 rings (SSSR count). The Balaban J connectivity index is 2.06. The van der Waals surface area contributed by atoms with Crippen LogP contribution in [0.15, 0.2) is 34.6 Å². The summed E-state index contributed by atoms with van der Waals surface area (Å²) in [6.45, 7) is 2.69. The standard InChI is InChI=1S/C13H16N6S/c1-9-16-17-13(18(9)3)20-12-10(8-14-2)19-7-5-4-6-11(19)15-12/h4-7,14H,8H2,1-3H3. The van der Waals surface area contributed by atoms with E-state index in [4.69, 9.17) is 0 Å². The van der Waals surface area contributed by atoms with Crippen molar-refractivity contribution >= 4 is 17.4 Å². The van der Waals surface area contributed by atoms with Gasteiger partial charge in [0.1, 0.15) is 16.5 Å². The predicted octanol–water partition coefficient (Wildman–Crippen LogP) is 1.64. The van der Waals surface area contributed by atoms with E-state index in [1.165, 1.54) is 0 Å². The van der Waals surface area contributed by atoms with Gasteiger partial charge in [0.25, 0.3) is 0 Å². The van der Waals surface area contributed by atoms with Crippen molar-refractivity contribution in [1.82, 2.24) is 29.5 Å². The molecule has 7 heteroatoms. The smallest absolute Gasteiger partial charge is 0.197 e. The summed E-state index contributed by atoms with van der Waals surface area (Å²) in [5.74, 6) is 0.895. The van der Waals surface area contributed by atoms with Gasteiger partial charge < -0.3 is 14.3 Å². The molecule has 0 amide bonds. The fourth-order valence-corrected chi connectivity index (χ4v) is 2.95. The summed E-state index contributed by atoms with van der Waals surface area (Å²) in [5.41, 5.74) is 2.08. The summed E-state index contributed by atoms with van der Waals surface area (Å²) < 4.78 is 4.07. The van der Waals surface area contributed by atoms with Crippen molar-refractivity contribution in [2.24, 2.45) is 7.05 Å². The minimum atomic E-state index is 0.754. The number of nitrogens with zero attached hydrogens (tertiary/aromatic N) is 5. The minimum Gasteiger partial charge on any atom is -0.314 e. The molecule has 0 atom stereocenters. The lowest BCUT2D eigenvalue weighted by atomic mass is 10.4. The summed E-state index contributed by atoms with van der Waals surface area (Å²) >= 11 is 1.54. The van der Waals surface area contributed by atoms with E-state index in [9.17, 15) is 0 Å². The van der Waals surface area contributed by atoms with E-state index in [-0.39, 0.29) is 0 Å². The zero-order chi connectivity index (χ0) is 14.1. The SMILES string of the molecule is CNCc1c(Sc2nnc(C)n2C)nc2ccccn12. The molecule has 0 aromatic carbocycles. The van der Waals surface area contributed by atoms with Crippen LogP contribution in [0.4, 0.5) is 0 Å². The van der Waals surface area contributed by atoms with Crippen LogP contribution in [-0.2, 0) is 13.6 Å². The number of fused-ring (bicyclic) bond motifs is 1. The zero-order valence-corrected chi connectivity index (χ0v) is 12.5. The molecule has 1 N–H and O–H groups in total. The van der Waals surface area contributed by atoms with Crippen LogP contribution in [0.3, 0.4) is 0 Å². The highest BCUT2D eigenvalue weighted by Crippen LogP contribution is 2.29. The number of imidazole rings is 1. The summed E-state index contributed by atoms with van der Waals surface area (Å²) in [4.78, 5) is 4.68. The third-order valence-corrected chi connectivity index (χ3v) is 4.24. The van der Waals surface area contributed by atoms with Crippen LogP contribution in [0.1, 0.15) is 11.5 Å². The van der Waals surface area contributed by atoms with E-state index in [1.54, 1.807) is 11.8 Å². The van der Waals surface area contributed by atoms with E-state index in [0.29, 0.717) is 0 Å². The van der Waals surface area contributed by atoms with Crippen molar-refractivity contribution in [2.45, 2.75) is 23.7 Å². The normalized spacial score (nSPS) is 11.3. The van der Waals surface area contributed by atoms with Gasteiger partial charge >= 0.3 is 0 Å². The molecule has 20 heavy (non-hydrogen) atoms. The molecule has 0 aliphatic rings. The molecule has 3 aromatic rings. The van der Waals surface area contributed by atoms with Crippen LogP contribution < -0.4 is 5.32 Å². The van der Waals surface area contributed by atoms with Gasteiger partial charge in [-0.1, -0.05) is 6.07 Å². The zero-order valence-electron chi connectivity index (χ0n) is 11.7. The Kier molecular flexibility index (Phi) is 3.45. The maximum atomic E-state index is 4.68. The number of aryl methyl sites for hydroxylation is 1. The first-order chi connectivity index (χ1) is 9.70. The first-order valence-corrected chi connectivity index (χ1v) is 7.16. The topological polar surface area (TPSA) is 60.0 Å². The summed E-state index contributed by atoms with van der Waals surface area (Å²) in [5, 5.41) is 13.3. The highest BCUT2D eigenvalue weighted by Gasteiger charge is 2.15. The first kappa shape index (κ1) is 13.1. The molecule has 0 saturated heterocycles. The maximum absolute atomic E-state index is 4.68. The Bertz CT molecular complexity index is 744. The van der Waals surface area contributed by atoms with E-state index in [1.807, 2.05) is 50.0 Å². The monoisotopic (exact) mass is 288 g/mol. The van der Waals surface area contributed by atoms with E-state index < -0.39 is 0 Å². The Morgan fingerprint density at radius 1 is 1.30 bits per heavy atom. The van der Waals surface area contributed by atoms with E-state index >= 15 is 0 Å². The quantitative estimate of drug-likeness (QED) is 0.791. The molecule has 0 unspecified atom stereocenters. The van der Waals surface area contributed by atoms with Crippen molar-refractivity contribution in [2.75, 3.05) is 7.05 Å². The summed E-state index contributed by atoms with van der Waals surface area (Å²) in [6.07, 6.45) is 2.03. The predicted molar refractivity (Wildman–Crippen MR) is 77.8 cm³/mol. The summed E-state index contributed by atoms with van der Waals surface area (Å²) in [6, 6.07) is 6.01. The molecule has 3 heterocycles. The van der Waals surface area contributed by atoms with Crippen LogP contribution in [0.2, 0.25) is 0 Å². The molecular weight excluding hydrogens is 272 g/mol. The minimum absolute atomic E-state index is 0.754. The second-order valence-electron chi connectivity index (χ2n) is 4.51. The highest BCUT2D eigenvalue weighted by atomic mass is 32.2. The molecule has 0 aliphatic heterocycles. The van der Waals surface area contributed by atoms with Crippen LogP contribution in [0, 0.1) is 6.92 Å². The van der Waals surface area contributed by atoms with Crippen molar-refractivity contribution < 1.29 is 0 Å². The molecule has 6 nitrogen and oxygen atoms in total. The molecule has 0 radical (unpaired) electrons. The lowest BCUT2D eigenvalue weighted by Gasteiger charge is -2.03. The van der Waals surface area contributed by atoms with Gasteiger partial charge in [-0.15, -0.1) is 10.2 Å². The third kappa shape index (κ3) is 2.19. The van der Waals surface area contributed by atoms with Gasteiger partial charge in [-0.3, -0.25) is 0 Å². The van der Waals surface area contributed by atoms with Gasteiger partial charge in [-0.05, 0) is 37.9 Å². The largest absolute Gasteiger partial charge is 0.314 e. The van der Waals surface area contributed by atoms with Gasteiger partial charge in [0.05, 0.1) is 5.69 Å². The molecule has 0 fully saturated rings. The first-order valence-electron chi connectivity index (χ1n) is 6.35. The van der Waals surface area contributed by atoms with Crippen LogP contribution in [0.5, 0.6) is 0 Å².